The second-order valence-corrected chi connectivity index (χ2v) is 8.55. The van der Waals surface area contributed by atoms with E-state index in [0.717, 1.165) is 4.90 Å². The number of carbonyl (C=O) groups is 5. The van der Waals surface area contributed by atoms with Gasteiger partial charge in [-0.2, -0.15) is 0 Å². The van der Waals surface area contributed by atoms with Gasteiger partial charge in [-0.05, 0) is 24.6 Å². The second kappa shape index (κ2) is 16.0. The number of benzene rings is 1. The Labute approximate surface area is 225 Å². The van der Waals surface area contributed by atoms with Crippen molar-refractivity contribution >= 4 is 35.2 Å². The van der Waals surface area contributed by atoms with Gasteiger partial charge in [0.1, 0.15) is 12.6 Å². The number of anilines is 1. The van der Waals surface area contributed by atoms with E-state index in [9.17, 15) is 24.0 Å². The summed E-state index contributed by atoms with van der Waals surface area (Å²) in [5, 5.41) is 4.75. The molecule has 3 rings (SSSR count). The molecule has 4 N–H and O–H groups in total. The number of nitrogens with one attached hydrogen (secondary N) is 2. The topological polar surface area (TPSA) is 185 Å². The second-order valence-electron chi connectivity index (χ2n) is 8.55. The van der Waals surface area contributed by atoms with E-state index in [4.69, 9.17) is 29.4 Å². The van der Waals surface area contributed by atoms with Crippen LogP contribution >= 0.6 is 0 Å². The number of amides is 5. The van der Waals surface area contributed by atoms with E-state index in [2.05, 4.69) is 10.6 Å². The van der Waals surface area contributed by atoms with Gasteiger partial charge in [0.05, 0.1) is 70.6 Å². The first kappa shape index (κ1) is 30.3. The number of carbonyl (C=O) groups excluding carboxylic acids is 5. The highest BCUT2D eigenvalue weighted by molar-refractivity contribution is 6.23. The lowest BCUT2D eigenvalue weighted by Crippen LogP contribution is -2.54. The number of piperidine rings is 1. The molecule has 2 heterocycles. The zero-order valence-electron chi connectivity index (χ0n) is 21.6. The van der Waals surface area contributed by atoms with Crippen molar-refractivity contribution in [1.29, 1.82) is 0 Å². The number of imide groups is 2. The largest absolute Gasteiger partial charge is 0.378 e. The third kappa shape index (κ3) is 9.16. The molecule has 0 aliphatic carbocycles. The number of nitrogens with zero attached hydrogens (tertiary/aromatic N) is 1. The Kier molecular flexibility index (Phi) is 12.4. The summed E-state index contributed by atoms with van der Waals surface area (Å²) < 4.78 is 26.5. The first-order valence-electron chi connectivity index (χ1n) is 12.7. The summed E-state index contributed by atoms with van der Waals surface area (Å²) in [6, 6.07) is 3.22. The Balaban J connectivity index is 1.28. The SMILES string of the molecule is NCCOCCOCCOCCOCCOCC(=O)Nc1ccc2c(c1)C(=O)N(C1CCC(=O)NC1=O)C2=O. The predicted octanol–water partition coefficient (Wildman–Crippen LogP) is -0.932. The van der Waals surface area contributed by atoms with Crippen molar-refractivity contribution in [3.05, 3.63) is 29.3 Å². The van der Waals surface area contributed by atoms with Crippen LogP contribution in [0.15, 0.2) is 18.2 Å². The molecule has 14 nitrogen and oxygen atoms in total. The molecule has 39 heavy (non-hydrogen) atoms. The van der Waals surface area contributed by atoms with Gasteiger partial charge in [-0.25, -0.2) is 0 Å². The molecule has 2 aliphatic rings. The molecule has 5 amide bonds. The smallest absolute Gasteiger partial charge is 0.262 e. The quantitative estimate of drug-likeness (QED) is 0.151. The molecule has 0 radical (unpaired) electrons. The molecule has 214 valence electrons. The minimum atomic E-state index is -1.05. The van der Waals surface area contributed by atoms with Crippen molar-refractivity contribution in [1.82, 2.24) is 10.2 Å². The molecule has 0 aromatic heterocycles. The number of nitrogens with two attached hydrogens (primary N) is 1. The number of ether oxygens (including phenoxy) is 5. The molecule has 1 aromatic rings. The average Bonchev–Trinajstić information content (AvgIpc) is 3.15. The summed E-state index contributed by atoms with van der Waals surface area (Å²) in [4.78, 5) is 62.2. The maximum atomic E-state index is 12.9. The molecule has 0 bridgehead atoms. The summed E-state index contributed by atoms with van der Waals surface area (Å²) in [5.41, 5.74) is 5.81. The summed E-state index contributed by atoms with van der Waals surface area (Å²) in [7, 11) is 0. The van der Waals surface area contributed by atoms with Crippen LogP contribution in [0.2, 0.25) is 0 Å². The Bertz CT molecular complexity index is 1030. The van der Waals surface area contributed by atoms with Crippen molar-refractivity contribution in [3.63, 3.8) is 0 Å². The van der Waals surface area contributed by atoms with E-state index in [1.165, 1.54) is 18.2 Å². The molecule has 14 heteroatoms. The van der Waals surface area contributed by atoms with Crippen molar-refractivity contribution < 1.29 is 47.7 Å². The van der Waals surface area contributed by atoms with Gasteiger partial charge < -0.3 is 34.7 Å². The molecular weight excluding hydrogens is 516 g/mol. The molecule has 1 saturated heterocycles. The highest BCUT2D eigenvalue weighted by atomic mass is 16.6. The first-order valence-corrected chi connectivity index (χ1v) is 12.7. The normalized spacial score (nSPS) is 16.9. The van der Waals surface area contributed by atoms with E-state index in [-0.39, 0.29) is 43.8 Å². The van der Waals surface area contributed by atoms with E-state index < -0.39 is 35.6 Å². The molecule has 0 saturated carbocycles. The zero-order chi connectivity index (χ0) is 28.0. The van der Waals surface area contributed by atoms with Crippen LogP contribution in [0, 0.1) is 0 Å². The van der Waals surface area contributed by atoms with Crippen LogP contribution in [0.5, 0.6) is 0 Å². The standard InChI is InChI=1S/C25H34N4O10/c26-5-6-35-7-8-36-9-10-37-11-12-38-13-14-39-16-22(31)27-17-1-2-18-19(15-17)25(34)29(24(18)33)20-3-4-21(30)28-23(20)32/h1-2,15,20H,3-14,16,26H2,(H,27,31)(H,28,30,32). The minimum Gasteiger partial charge on any atom is -0.378 e. The van der Waals surface area contributed by atoms with Crippen LogP contribution in [-0.2, 0) is 38.1 Å². The molecule has 1 fully saturated rings. The van der Waals surface area contributed by atoms with E-state index >= 15 is 0 Å². The first-order chi connectivity index (χ1) is 18.9. The Morgan fingerprint density at radius 1 is 0.846 bits per heavy atom. The molecule has 1 atom stereocenters. The molecule has 1 unspecified atom stereocenters. The van der Waals surface area contributed by atoms with Gasteiger partial charge in [0.15, 0.2) is 0 Å². The summed E-state index contributed by atoms with van der Waals surface area (Å²) in [5.74, 6) is -2.86. The third-order valence-corrected chi connectivity index (χ3v) is 5.71. The number of hydrogen-bond acceptors (Lipinski definition) is 11. The monoisotopic (exact) mass is 550 g/mol. The number of fused-ring (bicyclic) bond motifs is 1. The van der Waals surface area contributed by atoms with Crippen LogP contribution < -0.4 is 16.4 Å². The molecule has 0 spiro atoms. The van der Waals surface area contributed by atoms with Gasteiger partial charge in [0.25, 0.3) is 11.8 Å². The number of hydrogen-bond donors (Lipinski definition) is 3. The van der Waals surface area contributed by atoms with Crippen molar-refractivity contribution in [2.75, 3.05) is 77.9 Å². The fourth-order valence-electron chi connectivity index (χ4n) is 3.87. The van der Waals surface area contributed by atoms with Crippen molar-refractivity contribution in [3.8, 4) is 0 Å². The number of rotatable bonds is 18. The maximum absolute atomic E-state index is 12.9. The minimum absolute atomic E-state index is 0.0341. The van der Waals surface area contributed by atoms with E-state index in [1.54, 1.807) is 0 Å². The lowest BCUT2D eigenvalue weighted by Gasteiger charge is -2.27. The Morgan fingerprint density at radius 3 is 2.00 bits per heavy atom. The van der Waals surface area contributed by atoms with E-state index in [0.29, 0.717) is 58.5 Å². The highest BCUT2D eigenvalue weighted by Crippen LogP contribution is 2.29. The van der Waals surface area contributed by atoms with Gasteiger partial charge in [-0.3, -0.25) is 34.2 Å². The summed E-state index contributed by atoms with van der Waals surface area (Å²) in [6.45, 7) is 3.87. The maximum Gasteiger partial charge on any atom is 0.262 e. The van der Waals surface area contributed by atoms with E-state index in [1.807, 2.05) is 0 Å². The van der Waals surface area contributed by atoms with Gasteiger partial charge >= 0.3 is 0 Å². The van der Waals surface area contributed by atoms with Crippen LogP contribution in [0.1, 0.15) is 33.6 Å². The molecule has 1 aromatic carbocycles. The van der Waals surface area contributed by atoms with Gasteiger partial charge in [-0.15, -0.1) is 0 Å². The van der Waals surface area contributed by atoms with Crippen LogP contribution in [0.3, 0.4) is 0 Å². The third-order valence-electron chi connectivity index (χ3n) is 5.71. The highest BCUT2D eigenvalue weighted by Gasteiger charge is 2.44. The fraction of sp³-hybridized carbons (Fsp3) is 0.560. The van der Waals surface area contributed by atoms with Gasteiger partial charge in [0, 0.05) is 18.7 Å². The molecular formula is C25H34N4O10. The predicted molar refractivity (Wildman–Crippen MR) is 135 cm³/mol. The molecule has 2 aliphatic heterocycles. The van der Waals surface area contributed by atoms with Crippen molar-refractivity contribution in [2.45, 2.75) is 18.9 Å². The zero-order valence-corrected chi connectivity index (χ0v) is 21.6. The lowest BCUT2D eigenvalue weighted by molar-refractivity contribution is -0.136. The van der Waals surface area contributed by atoms with Crippen LogP contribution in [0.25, 0.3) is 0 Å². The van der Waals surface area contributed by atoms with Gasteiger partial charge in [0.2, 0.25) is 17.7 Å². The van der Waals surface area contributed by atoms with Gasteiger partial charge in [-0.1, -0.05) is 0 Å². The van der Waals surface area contributed by atoms with Crippen molar-refractivity contribution in [2.24, 2.45) is 5.73 Å². The Hall–Kier alpha value is -3.27. The summed E-state index contributed by atoms with van der Waals surface area (Å²) in [6.07, 6.45) is 0.0988. The van der Waals surface area contributed by atoms with Crippen LogP contribution in [-0.4, -0.2) is 113 Å². The summed E-state index contributed by atoms with van der Waals surface area (Å²) >= 11 is 0. The average molecular weight is 551 g/mol. The lowest BCUT2D eigenvalue weighted by atomic mass is 10.0. The Morgan fingerprint density at radius 2 is 1.41 bits per heavy atom. The van der Waals surface area contributed by atoms with Crippen LogP contribution in [0.4, 0.5) is 5.69 Å². The fourth-order valence-corrected chi connectivity index (χ4v) is 3.87.